The minimum Gasteiger partial charge on any atom is -0.369 e. The number of benzene rings is 2. The zero-order valence-corrected chi connectivity index (χ0v) is 16.5. The highest BCUT2D eigenvalue weighted by Crippen LogP contribution is 2.45. The molecular weight excluding hydrogens is 373 g/mol. The van der Waals surface area contributed by atoms with E-state index in [1.54, 1.807) is 12.1 Å². The average Bonchev–Trinajstić information content (AvgIpc) is 2.75. The second-order valence-corrected chi connectivity index (χ2v) is 6.93. The van der Waals surface area contributed by atoms with Gasteiger partial charge in [-0.15, -0.1) is 0 Å². The highest BCUT2D eigenvalue weighted by atomic mass is 19.1. The van der Waals surface area contributed by atoms with Crippen LogP contribution in [0.2, 0.25) is 0 Å². The van der Waals surface area contributed by atoms with E-state index in [-0.39, 0.29) is 11.7 Å². The summed E-state index contributed by atoms with van der Waals surface area (Å²) in [6.45, 7) is 4.08. The zero-order chi connectivity index (χ0) is 20.9. The summed E-state index contributed by atoms with van der Waals surface area (Å²) in [5.41, 5.74) is 0.790. The molecule has 1 atom stereocenters. The number of nitrogens with one attached hydrogen (secondary N) is 1. The Labute approximate surface area is 169 Å². The van der Waals surface area contributed by atoms with Crippen molar-refractivity contribution in [3.63, 3.8) is 0 Å². The van der Waals surface area contributed by atoms with Crippen molar-refractivity contribution in [2.24, 2.45) is 10.6 Å². The fraction of sp³-hybridized carbons (Fsp3) is 0.318. The van der Waals surface area contributed by atoms with Crippen molar-refractivity contribution in [1.82, 2.24) is 10.2 Å². The lowest BCUT2D eigenvalue weighted by molar-refractivity contribution is -0.210. The highest BCUT2D eigenvalue weighted by molar-refractivity contribution is 6.03. The monoisotopic (exact) mass is 397 g/mol. The van der Waals surface area contributed by atoms with Gasteiger partial charge in [-0.05, 0) is 36.1 Å². The van der Waals surface area contributed by atoms with Gasteiger partial charge < -0.3 is 10.2 Å². The van der Waals surface area contributed by atoms with Crippen LogP contribution in [0, 0.1) is 11.2 Å². The number of urea groups is 1. The van der Waals surface area contributed by atoms with Gasteiger partial charge in [-0.25, -0.2) is 14.1 Å². The fourth-order valence-electron chi connectivity index (χ4n) is 3.44. The number of oxime groups is 1. The molecule has 0 radical (unpaired) electrons. The summed E-state index contributed by atoms with van der Waals surface area (Å²) in [7, 11) is 0. The molecule has 1 unspecified atom stereocenters. The lowest BCUT2D eigenvalue weighted by atomic mass is 9.72. The van der Waals surface area contributed by atoms with Gasteiger partial charge in [0.1, 0.15) is 11.2 Å². The van der Waals surface area contributed by atoms with Crippen LogP contribution in [0.5, 0.6) is 0 Å². The van der Waals surface area contributed by atoms with Gasteiger partial charge in [0, 0.05) is 6.54 Å². The quantitative estimate of drug-likeness (QED) is 0.435. The first kappa shape index (κ1) is 20.5. The van der Waals surface area contributed by atoms with Gasteiger partial charge in [-0.2, -0.15) is 0 Å². The van der Waals surface area contributed by atoms with Gasteiger partial charge in [-0.3, -0.25) is 4.79 Å². The molecule has 0 saturated carbocycles. The van der Waals surface area contributed by atoms with E-state index >= 15 is 0 Å². The van der Waals surface area contributed by atoms with Crippen molar-refractivity contribution in [3.8, 4) is 0 Å². The van der Waals surface area contributed by atoms with E-state index < -0.39 is 17.7 Å². The molecule has 1 fully saturated rings. The molecule has 3 rings (SSSR count). The Morgan fingerprint density at radius 1 is 1.17 bits per heavy atom. The number of nitrogens with zero attached hydrogens (tertiary/aromatic N) is 2. The second kappa shape index (κ2) is 8.86. The molecule has 1 saturated heterocycles. The van der Waals surface area contributed by atoms with Crippen molar-refractivity contribution < 1.29 is 18.8 Å². The summed E-state index contributed by atoms with van der Waals surface area (Å²) in [5.74, 6) is -0.611. The number of β-lactam (4-membered cyclic amide) rings is 1. The van der Waals surface area contributed by atoms with Gasteiger partial charge in [0.25, 0.3) is 0 Å². The second-order valence-electron chi connectivity index (χ2n) is 6.93. The number of carbonyl (C=O) groups is 2. The molecule has 1 aliphatic rings. The predicted octanol–water partition coefficient (Wildman–Crippen LogP) is 4.06. The maximum atomic E-state index is 13.0. The van der Waals surface area contributed by atoms with Crippen LogP contribution in [-0.4, -0.2) is 29.3 Å². The summed E-state index contributed by atoms with van der Waals surface area (Å²) in [6, 6.07) is 14.7. The van der Waals surface area contributed by atoms with Gasteiger partial charge in [0.15, 0.2) is 0 Å². The van der Waals surface area contributed by atoms with Crippen LogP contribution < -0.4 is 5.32 Å². The first-order chi connectivity index (χ1) is 14.0. The maximum absolute atomic E-state index is 13.0. The van der Waals surface area contributed by atoms with E-state index in [0.717, 1.165) is 10.5 Å². The molecule has 1 heterocycles. The summed E-state index contributed by atoms with van der Waals surface area (Å²) in [6.07, 6.45) is 1.69. The van der Waals surface area contributed by atoms with Crippen molar-refractivity contribution in [3.05, 3.63) is 71.5 Å². The lowest BCUT2D eigenvalue weighted by Crippen LogP contribution is -2.72. The first-order valence-electron chi connectivity index (χ1n) is 9.62. The average molecular weight is 397 g/mol. The largest absolute Gasteiger partial charge is 0.369 e. The van der Waals surface area contributed by atoms with E-state index in [9.17, 15) is 14.0 Å². The Bertz CT molecular complexity index is 880. The number of rotatable bonds is 7. The van der Waals surface area contributed by atoms with Crippen LogP contribution in [0.25, 0.3) is 0 Å². The number of hydrogen-bond acceptors (Lipinski definition) is 4. The molecule has 1 N–H and O–H groups in total. The van der Waals surface area contributed by atoms with Crippen molar-refractivity contribution in [2.45, 2.75) is 39.5 Å². The number of hydrogen-bond donors (Lipinski definition) is 1. The summed E-state index contributed by atoms with van der Waals surface area (Å²) in [4.78, 5) is 32.1. The van der Waals surface area contributed by atoms with Crippen LogP contribution in [0.3, 0.4) is 0 Å². The molecular formula is C22H24FN3O3. The SMILES string of the molecule is CCC1(CC)C(=O)N(C(=O)NCc2ccccc2)C1O/N=C/c1ccc(F)cc1. The van der Waals surface area contributed by atoms with Crippen LogP contribution in [0.4, 0.5) is 9.18 Å². The molecule has 0 spiro atoms. The van der Waals surface area contributed by atoms with E-state index in [1.165, 1.54) is 18.3 Å². The Morgan fingerprint density at radius 3 is 2.45 bits per heavy atom. The van der Waals surface area contributed by atoms with E-state index in [4.69, 9.17) is 4.84 Å². The zero-order valence-electron chi connectivity index (χ0n) is 16.5. The smallest absolute Gasteiger partial charge is 0.327 e. The van der Waals surface area contributed by atoms with Gasteiger partial charge in [0.05, 0.1) is 6.21 Å². The third-order valence-electron chi connectivity index (χ3n) is 5.35. The van der Waals surface area contributed by atoms with Crippen LogP contribution >= 0.6 is 0 Å². The van der Waals surface area contributed by atoms with Crippen molar-refractivity contribution in [1.29, 1.82) is 0 Å². The molecule has 3 amide bonds. The topological polar surface area (TPSA) is 71.0 Å². The standard InChI is InChI=1S/C22H24FN3O3/c1-3-22(4-2)19(27)26(21(28)24-14-16-8-6-5-7-9-16)20(22)29-25-15-17-10-12-18(23)13-11-17/h5-13,15,20H,3-4,14H2,1-2H3,(H,24,28)/b25-15+. The third kappa shape index (κ3) is 4.13. The van der Waals surface area contributed by atoms with Gasteiger partial charge >= 0.3 is 6.03 Å². The molecule has 6 nitrogen and oxygen atoms in total. The first-order valence-corrected chi connectivity index (χ1v) is 9.62. The van der Waals surface area contributed by atoms with Crippen molar-refractivity contribution >= 4 is 18.2 Å². The van der Waals surface area contributed by atoms with Crippen molar-refractivity contribution in [2.75, 3.05) is 0 Å². The van der Waals surface area contributed by atoms with Crippen LogP contribution in [-0.2, 0) is 16.2 Å². The van der Waals surface area contributed by atoms with Crippen LogP contribution in [0.15, 0.2) is 59.8 Å². The number of halogens is 1. The predicted molar refractivity (Wildman–Crippen MR) is 107 cm³/mol. The Kier molecular flexibility index (Phi) is 6.26. The Morgan fingerprint density at radius 2 is 1.83 bits per heavy atom. The number of likely N-dealkylation sites (tertiary alicyclic amines) is 1. The summed E-state index contributed by atoms with van der Waals surface area (Å²) >= 11 is 0. The molecule has 1 aliphatic heterocycles. The van der Waals surface area contributed by atoms with Gasteiger partial charge in [-0.1, -0.05) is 61.5 Å². The Hall–Kier alpha value is -3.22. The molecule has 0 aliphatic carbocycles. The lowest BCUT2D eigenvalue weighted by Gasteiger charge is -2.51. The summed E-state index contributed by atoms with van der Waals surface area (Å²) in [5, 5.41) is 6.70. The number of imide groups is 1. The molecule has 0 bridgehead atoms. The van der Waals surface area contributed by atoms with E-state index in [1.807, 2.05) is 44.2 Å². The normalized spacial score (nSPS) is 17.8. The molecule has 0 aromatic heterocycles. The molecule has 2 aromatic carbocycles. The number of carbonyl (C=O) groups excluding carboxylic acids is 2. The summed E-state index contributed by atoms with van der Waals surface area (Å²) < 4.78 is 13.0. The molecule has 7 heteroatoms. The van der Waals surface area contributed by atoms with Gasteiger partial charge in [0.2, 0.25) is 12.1 Å². The number of amides is 3. The highest BCUT2D eigenvalue weighted by Gasteiger charge is 2.63. The molecule has 29 heavy (non-hydrogen) atoms. The minimum atomic E-state index is -0.794. The van der Waals surface area contributed by atoms with E-state index in [0.29, 0.717) is 24.9 Å². The molecule has 2 aromatic rings. The van der Waals surface area contributed by atoms with E-state index in [2.05, 4.69) is 10.5 Å². The molecule has 152 valence electrons. The Balaban J connectivity index is 1.70. The maximum Gasteiger partial charge on any atom is 0.327 e. The minimum absolute atomic E-state index is 0.268. The fourth-order valence-corrected chi connectivity index (χ4v) is 3.44. The third-order valence-corrected chi connectivity index (χ3v) is 5.35. The van der Waals surface area contributed by atoms with Crippen LogP contribution in [0.1, 0.15) is 37.8 Å².